The predicted molar refractivity (Wildman–Crippen MR) is 190 cm³/mol. The molecule has 1 aromatic heterocycles. The van der Waals surface area contributed by atoms with E-state index in [-0.39, 0.29) is 18.5 Å². The third-order valence-corrected chi connectivity index (χ3v) is 8.17. The zero-order valence-electron chi connectivity index (χ0n) is 28.1. The maximum atomic E-state index is 13.9. The van der Waals surface area contributed by atoms with Gasteiger partial charge in [0.1, 0.15) is 17.9 Å². The first-order valence-electron chi connectivity index (χ1n) is 16.4. The number of rotatable bonds is 13. The highest BCUT2D eigenvalue weighted by atomic mass is 19.1. The second kappa shape index (κ2) is 15.6. The van der Waals surface area contributed by atoms with Crippen LogP contribution in [0.3, 0.4) is 0 Å². The number of aryl methyl sites for hydroxylation is 1. The molecule has 1 heterocycles. The molecule has 4 aromatic carbocycles. The summed E-state index contributed by atoms with van der Waals surface area (Å²) in [5.74, 6) is -4.23. The third kappa shape index (κ3) is 9.19. The molecular formula is C39H40FN5O5. The maximum absolute atomic E-state index is 13.9. The summed E-state index contributed by atoms with van der Waals surface area (Å²) in [4.78, 5) is 70.1. The first-order chi connectivity index (χ1) is 23.9. The Morgan fingerprint density at radius 3 is 2.18 bits per heavy atom. The molecule has 5 N–H and O–H groups in total. The lowest BCUT2D eigenvalue weighted by molar-refractivity contribution is -0.133. The van der Waals surface area contributed by atoms with Crippen molar-refractivity contribution in [1.29, 1.82) is 0 Å². The number of ketones is 1. The molecule has 5 rings (SSSR count). The Morgan fingerprint density at radius 2 is 1.44 bits per heavy atom. The van der Waals surface area contributed by atoms with Crippen molar-refractivity contribution >= 4 is 51.1 Å². The van der Waals surface area contributed by atoms with Gasteiger partial charge in [0.2, 0.25) is 17.7 Å². The third-order valence-electron chi connectivity index (χ3n) is 8.17. The highest BCUT2D eigenvalue weighted by molar-refractivity contribution is 6.45. The number of carbonyl (C=O) groups excluding carboxylic acids is 5. The molecule has 0 saturated carbocycles. The zero-order valence-corrected chi connectivity index (χ0v) is 28.1. The van der Waals surface area contributed by atoms with Gasteiger partial charge in [-0.25, -0.2) is 4.39 Å². The monoisotopic (exact) mass is 677 g/mol. The van der Waals surface area contributed by atoms with Gasteiger partial charge in [0, 0.05) is 29.2 Å². The van der Waals surface area contributed by atoms with Crippen molar-refractivity contribution in [2.45, 2.75) is 64.2 Å². The molecule has 0 radical (unpaired) electrons. The second-order valence-electron chi connectivity index (χ2n) is 13.2. The lowest BCUT2D eigenvalue weighted by atomic mass is 10.0. The normalized spacial score (nSPS) is 12.6. The van der Waals surface area contributed by atoms with Crippen LogP contribution in [0.4, 0.5) is 4.39 Å². The molecule has 50 heavy (non-hydrogen) atoms. The summed E-state index contributed by atoms with van der Waals surface area (Å²) < 4.78 is 13.6. The number of hydrogen-bond donors (Lipinski definition) is 5. The van der Waals surface area contributed by atoms with Crippen LogP contribution in [-0.4, -0.2) is 52.0 Å². The van der Waals surface area contributed by atoms with E-state index in [9.17, 15) is 28.4 Å². The molecule has 0 spiro atoms. The van der Waals surface area contributed by atoms with Crippen molar-refractivity contribution in [3.05, 3.63) is 120 Å². The van der Waals surface area contributed by atoms with Gasteiger partial charge in [-0.2, -0.15) is 0 Å². The number of H-pyrrole nitrogens is 1. The second-order valence-corrected chi connectivity index (χ2v) is 13.2. The minimum Gasteiger partial charge on any atom is -0.360 e. The molecule has 0 bridgehead atoms. The number of para-hydroxylation sites is 1. The summed E-state index contributed by atoms with van der Waals surface area (Å²) in [5, 5.41) is 13.3. The van der Waals surface area contributed by atoms with Crippen molar-refractivity contribution in [3.63, 3.8) is 0 Å². The first kappa shape index (κ1) is 35.5. The predicted octanol–water partition coefficient (Wildman–Crippen LogP) is 4.87. The van der Waals surface area contributed by atoms with Crippen molar-refractivity contribution in [2.24, 2.45) is 0 Å². The maximum Gasteiger partial charge on any atom is 0.293 e. The summed E-state index contributed by atoms with van der Waals surface area (Å²) in [6.07, 6.45) is 1.37. The molecule has 0 fully saturated rings. The highest BCUT2D eigenvalue weighted by Crippen LogP contribution is 2.20. The molecular weight excluding hydrogens is 637 g/mol. The Balaban J connectivity index is 1.36. The number of hydrogen-bond acceptors (Lipinski definition) is 5. The van der Waals surface area contributed by atoms with Gasteiger partial charge in [0.25, 0.3) is 11.7 Å². The lowest BCUT2D eigenvalue weighted by Gasteiger charge is -2.25. The number of Topliss-reactive ketones (excluding diaryl/α,β-unsaturated/α-hetero) is 1. The highest BCUT2D eigenvalue weighted by Gasteiger charge is 2.32. The fourth-order valence-electron chi connectivity index (χ4n) is 5.72. The van der Waals surface area contributed by atoms with Gasteiger partial charge < -0.3 is 26.3 Å². The largest absolute Gasteiger partial charge is 0.360 e. The SMILES string of the molecule is CC(C)(C)NC(=O)C[C@H](NC(=O)C(=O)c1c[nH]c2ccccc12)C(=O)N[C@@H](CCc1ccc(F)cc1)C(=O)NCc1cccc2ccccc12. The fraction of sp³-hybridized carbons (Fsp3) is 0.256. The zero-order chi connectivity index (χ0) is 35.8. The Kier molecular flexibility index (Phi) is 11.1. The Hall–Kier alpha value is -5.84. The molecule has 2 atom stereocenters. The molecule has 5 aromatic rings. The standard InChI is InChI=1S/C39H40FN5O5/c1-39(2,3)45-34(46)21-33(44-38(50)35(47)30-23-41-31-14-7-6-13-29(30)31)37(49)43-32(20-17-24-15-18-27(40)19-16-24)36(48)42-22-26-11-8-10-25-9-4-5-12-28(25)26/h4-16,18-19,23,32-33,41H,17,20-22H2,1-3H3,(H,42,48)(H,43,49)(H,44,50)(H,45,46)/t32-,33-/m0/s1. The van der Waals surface area contributed by atoms with Crippen LogP contribution >= 0.6 is 0 Å². The molecule has 0 aliphatic heterocycles. The molecule has 0 aliphatic rings. The van der Waals surface area contributed by atoms with Crippen LogP contribution in [0, 0.1) is 5.82 Å². The van der Waals surface area contributed by atoms with Crippen LogP contribution in [0.5, 0.6) is 0 Å². The number of carbonyl (C=O) groups is 5. The van der Waals surface area contributed by atoms with E-state index < -0.39 is 59.3 Å². The molecule has 11 heteroatoms. The van der Waals surface area contributed by atoms with E-state index in [2.05, 4.69) is 26.3 Å². The van der Waals surface area contributed by atoms with Gasteiger partial charge in [-0.05, 0) is 73.7 Å². The molecule has 4 amide bonds. The first-order valence-corrected chi connectivity index (χ1v) is 16.4. The van der Waals surface area contributed by atoms with E-state index in [1.807, 2.05) is 42.5 Å². The topological polar surface area (TPSA) is 149 Å². The smallest absolute Gasteiger partial charge is 0.293 e. The Bertz CT molecular complexity index is 2030. The summed E-state index contributed by atoms with van der Waals surface area (Å²) in [5.41, 5.74) is 1.75. The minimum atomic E-state index is -1.49. The van der Waals surface area contributed by atoms with Crippen LogP contribution < -0.4 is 21.3 Å². The van der Waals surface area contributed by atoms with Gasteiger partial charge in [-0.3, -0.25) is 24.0 Å². The number of amides is 4. The fourth-order valence-corrected chi connectivity index (χ4v) is 5.72. The average molecular weight is 678 g/mol. The van der Waals surface area contributed by atoms with Crippen molar-refractivity contribution in [2.75, 3.05) is 0 Å². The van der Waals surface area contributed by atoms with Gasteiger partial charge in [-0.15, -0.1) is 0 Å². The van der Waals surface area contributed by atoms with Gasteiger partial charge in [-0.1, -0.05) is 72.8 Å². The molecule has 0 aliphatic carbocycles. The number of aromatic amines is 1. The number of fused-ring (bicyclic) bond motifs is 2. The minimum absolute atomic E-state index is 0.112. The lowest BCUT2D eigenvalue weighted by Crippen LogP contribution is -2.56. The average Bonchev–Trinajstić information content (AvgIpc) is 3.52. The van der Waals surface area contributed by atoms with Crippen molar-refractivity contribution < 1.29 is 28.4 Å². The summed E-state index contributed by atoms with van der Waals surface area (Å²) in [6.45, 7) is 5.48. The van der Waals surface area contributed by atoms with Crippen LogP contribution in [0.25, 0.3) is 21.7 Å². The molecule has 0 unspecified atom stereocenters. The van der Waals surface area contributed by atoms with E-state index >= 15 is 0 Å². The Morgan fingerprint density at radius 1 is 0.760 bits per heavy atom. The number of halogens is 1. The number of aromatic nitrogens is 1. The number of nitrogens with one attached hydrogen (secondary N) is 5. The summed E-state index contributed by atoms with van der Waals surface area (Å²) >= 11 is 0. The van der Waals surface area contributed by atoms with Gasteiger partial charge in [0.05, 0.1) is 12.0 Å². The summed E-state index contributed by atoms with van der Waals surface area (Å²) in [6, 6.07) is 23.7. The van der Waals surface area contributed by atoms with Crippen LogP contribution in [0.1, 0.15) is 55.1 Å². The van der Waals surface area contributed by atoms with E-state index in [1.165, 1.54) is 18.3 Å². The molecule has 258 valence electrons. The van der Waals surface area contributed by atoms with E-state index in [0.717, 1.165) is 21.9 Å². The number of benzene rings is 4. The summed E-state index contributed by atoms with van der Waals surface area (Å²) in [7, 11) is 0. The van der Waals surface area contributed by atoms with E-state index in [0.29, 0.717) is 17.3 Å². The van der Waals surface area contributed by atoms with E-state index in [4.69, 9.17) is 0 Å². The molecule has 10 nitrogen and oxygen atoms in total. The van der Waals surface area contributed by atoms with Crippen molar-refractivity contribution in [1.82, 2.24) is 26.3 Å². The molecule has 0 saturated heterocycles. The van der Waals surface area contributed by atoms with Gasteiger partial charge >= 0.3 is 0 Å². The van der Waals surface area contributed by atoms with Crippen molar-refractivity contribution in [3.8, 4) is 0 Å². The van der Waals surface area contributed by atoms with Crippen LogP contribution in [-0.2, 0) is 32.1 Å². The Labute approximate surface area is 289 Å². The van der Waals surface area contributed by atoms with Gasteiger partial charge in [0.15, 0.2) is 0 Å². The van der Waals surface area contributed by atoms with Crippen LogP contribution in [0.2, 0.25) is 0 Å². The quantitative estimate of drug-likeness (QED) is 0.0891. The van der Waals surface area contributed by atoms with E-state index in [1.54, 1.807) is 57.2 Å². The van der Waals surface area contributed by atoms with Crippen LogP contribution in [0.15, 0.2) is 97.2 Å².